The molecule has 7 nitrogen and oxygen atoms in total. The molecule has 4 atom stereocenters. The maximum absolute atomic E-state index is 12.5. The number of piperidine rings is 3. The van der Waals surface area contributed by atoms with Crippen molar-refractivity contribution in [1.29, 1.82) is 0 Å². The highest BCUT2D eigenvalue weighted by Crippen LogP contribution is 2.28. The Morgan fingerprint density at radius 3 is 3.00 bits per heavy atom. The van der Waals surface area contributed by atoms with Crippen molar-refractivity contribution < 1.29 is 9.69 Å². The summed E-state index contributed by atoms with van der Waals surface area (Å²) in [6.45, 7) is 6.98. The van der Waals surface area contributed by atoms with E-state index < -0.39 is 0 Å². The first-order valence-electron chi connectivity index (χ1n) is 9.90. The molecule has 4 N–H and O–H groups in total. The Hall–Kier alpha value is -2.41. The van der Waals surface area contributed by atoms with Crippen LogP contribution in [0, 0.1) is 11.8 Å². The van der Waals surface area contributed by atoms with Gasteiger partial charge in [-0.05, 0) is 31.9 Å². The molecule has 0 spiro atoms. The van der Waals surface area contributed by atoms with E-state index in [0.29, 0.717) is 12.0 Å². The largest absolute Gasteiger partial charge is 0.399 e. The molecule has 3 saturated heterocycles. The van der Waals surface area contributed by atoms with Gasteiger partial charge in [0.2, 0.25) is 5.91 Å². The molecule has 4 heterocycles. The normalized spacial score (nSPS) is 27.1. The molecule has 3 aliphatic rings. The molecule has 1 aromatic carbocycles. The van der Waals surface area contributed by atoms with Gasteiger partial charge < -0.3 is 16.0 Å². The number of carbonyl (C=O) groups is 1. The number of quaternary nitrogens is 1. The van der Waals surface area contributed by atoms with Crippen LogP contribution in [0.3, 0.4) is 0 Å². The fourth-order valence-electron chi connectivity index (χ4n) is 4.65. The van der Waals surface area contributed by atoms with E-state index in [1.807, 2.05) is 49.0 Å². The Bertz CT molecular complexity index is 816. The van der Waals surface area contributed by atoms with Gasteiger partial charge in [-0.25, -0.2) is 4.68 Å². The molecule has 3 fully saturated rings. The monoisotopic (exact) mass is 369 g/mol. The minimum absolute atomic E-state index is 0.158. The third-order valence-electron chi connectivity index (χ3n) is 5.95. The third-order valence-corrected chi connectivity index (χ3v) is 5.95. The van der Waals surface area contributed by atoms with Crippen LogP contribution in [0.4, 0.5) is 5.69 Å². The summed E-state index contributed by atoms with van der Waals surface area (Å²) in [5, 5.41) is 11.7. The highest BCUT2D eigenvalue weighted by Gasteiger charge is 2.46. The van der Waals surface area contributed by atoms with Gasteiger partial charge in [0, 0.05) is 30.1 Å². The Morgan fingerprint density at radius 1 is 1.44 bits per heavy atom. The van der Waals surface area contributed by atoms with Gasteiger partial charge in [0.1, 0.15) is 11.7 Å². The topological polar surface area (TPSA) is 90.3 Å². The fourth-order valence-corrected chi connectivity index (χ4v) is 4.65. The van der Waals surface area contributed by atoms with Crippen LogP contribution >= 0.6 is 0 Å². The number of benzene rings is 1. The second-order valence-corrected chi connectivity index (χ2v) is 8.31. The molecule has 2 bridgehead atoms. The zero-order chi connectivity index (χ0) is 19.0. The lowest BCUT2D eigenvalue weighted by Crippen LogP contribution is -3.20. The van der Waals surface area contributed by atoms with Crippen LogP contribution in [0.1, 0.15) is 26.7 Å². The van der Waals surface area contributed by atoms with Gasteiger partial charge in [0.25, 0.3) is 0 Å². The van der Waals surface area contributed by atoms with E-state index in [2.05, 4.69) is 15.6 Å². The van der Waals surface area contributed by atoms with E-state index in [4.69, 9.17) is 5.73 Å². The first-order valence-corrected chi connectivity index (χ1v) is 9.90. The van der Waals surface area contributed by atoms with Crippen molar-refractivity contribution in [3.05, 3.63) is 30.5 Å². The van der Waals surface area contributed by atoms with Crippen molar-refractivity contribution in [1.82, 2.24) is 20.3 Å². The lowest BCUT2D eigenvalue weighted by molar-refractivity contribution is -0.945. The maximum Gasteiger partial charge on any atom is 0.229 e. The van der Waals surface area contributed by atoms with Gasteiger partial charge in [0.15, 0.2) is 0 Å². The van der Waals surface area contributed by atoms with Crippen molar-refractivity contribution in [2.75, 3.05) is 18.8 Å². The van der Waals surface area contributed by atoms with Gasteiger partial charge in [-0.1, -0.05) is 17.3 Å². The van der Waals surface area contributed by atoms with Crippen molar-refractivity contribution in [2.24, 2.45) is 11.8 Å². The summed E-state index contributed by atoms with van der Waals surface area (Å²) < 4.78 is 1.94. The molecule has 1 unspecified atom stereocenters. The average Bonchev–Trinajstić information content (AvgIpc) is 3.10. The minimum Gasteiger partial charge on any atom is -0.399 e. The van der Waals surface area contributed by atoms with E-state index in [-0.39, 0.29) is 17.9 Å². The maximum atomic E-state index is 12.5. The molecule has 0 saturated carbocycles. The zero-order valence-electron chi connectivity index (χ0n) is 16.1. The smallest absolute Gasteiger partial charge is 0.229 e. The number of anilines is 1. The Labute approximate surface area is 159 Å². The molecule has 0 aliphatic carbocycles. The number of nitrogens with two attached hydrogens (primary N) is 1. The van der Waals surface area contributed by atoms with Crippen molar-refractivity contribution in [3.8, 4) is 11.3 Å². The second-order valence-electron chi connectivity index (χ2n) is 8.31. The van der Waals surface area contributed by atoms with Crippen LogP contribution in [-0.2, 0) is 11.3 Å². The summed E-state index contributed by atoms with van der Waals surface area (Å²) >= 11 is 0. The van der Waals surface area contributed by atoms with E-state index in [0.717, 1.165) is 49.4 Å². The van der Waals surface area contributed by atoms with E-state index in [1.54, 1.807) is 0 Å². The van der Waals surface area contributed by atoms with E-state index in [9.17, 15) is 4.79 Å². The average molecular weight is 369 g/mol. The molecule has 3 aliphatic heterocycles. The lowest BCUT2D eigenvalue weighted by atomic mass is 9.75. The van der Waals surface area contributed by atoms with Crippen molar-refractivity contribution >= 4 is 11.6 Å². The first kappa shape index (κ1) is 18.0. The number of rotatable bonds is 5. The molecule has 2 aromatic rings. The molecule has 5 rings (SSSR count). The Kier molecular flexibility index (Phi) is 4.86. The highest BCUT2D eigenvalue weighted by atomic mass is 16.2. The quantitative estimate of drug-likeness (QED) is 0.663. The summed E-state index contributed by atoms with van der Waals surface area (Å²) in [7, 11) is 0. The van der Waals surface area contributed by atoms with E-state index >= 15 is 0 Å². The molecular weight excluding hydrogens is 340 g/mol. The van der Waals surface area contributed by atoms with Crippen LogP contribution in [0.5, 0.6) is 0 Å². The molecule has 1 amide bonds. The number of hydrogen-bond acceptors (Lipinski definition) is 4. The number of carbonyl (C=O) groups excluding carboxylic acids is 1. The molecule has 27 heavy (non-hydrogen) atoms. The van der Waals surface area contributed by atoms with Crippen molar-refractivity contribution in [3.63, 3.8) is 0 Å². The summed E-state index contributed by atoms with van der Waals surface area (Å²) in [4.78, 5) is 14.0. The number of amides is 1. The third kappa shape index (κ3) is 3.83. The number of nitrogens with one attached hydrogen (secondary N) is 2. The second kappa shape index (κ2) is 7.31. The molecule has 1 aromatic heterocycles. The van der Waals surface area contributed by atoms with Crippen LogP contribution in [0.2, 0.25) is 0 Å². The van der Waals surface area contributed by atoms with Crippen LogP contribution in [-0.4, -0.2) is 46.1 Å². The summed E-state index contributed by atoms with van der Waals surface area (Å²) in [6.07, 6.45) is 4.23. The summed E-state index contributed by atoms with van der Waals surface area (Å²) in [6, 6.07) is 8.43. The zero-order valence-corrected chi connectivity index (χ0v) is 16.1. The van der Waals surface area contributed by atoms with E-state index in [1.165, 1.54) is 4.90 Å². The molecule has 0 radical (unpaired) electrons. The molecular formula is C20H29N6O+. The Morgan fingerprint density at radius 2 is 2.30 bits per heavy atom. The van der Waals surface area contributed by atoms with Crippen LogP contribution in [0.25, 0.3) is 11.3 Å². The number of fused-ring (bicyclic) bond motifs is 3. The minimum atomic E-state index is 0.158. The summed E-state index contributed by atoms with van der Waals surface area (Å²) in [5.41, 5.74) is 8.44. The van der Waals surface area contributed by atoms with Crippen LogP contribution in [0.15, 0.2) is 30.5 Å². The Balaban J connectivity index is 1.41. The van der Waals surface area contributed by atoms with Gasteiger partial charge >= 0.3 is 0 Å². The highest BCUT2D eigenvalue weighted by molar-refractivity contribution is 5.79. The number of aromatic nitrogens is 3. The van der Waals surface area contributed by atoms with Gasteiger partial charge in [-0.3, -0.25) is 4.79 Å². The number of nitrogens with zero attached hydrogens (tertiary/aromatic N) is 3. The molecule has 7 heteroatoms. The lowest BCUT2D eigenvalue weighted by Gasteiger charge is -2.46. The SMILES string of the molecule is CC(C)NC(=O)[C@H]1C[NH+]2CC[C@@H]1C[C@@H]2Cn1cc(-c2cccc(N)c2)nn1. The predicted octanol–water partition coefficient (Wildman–Crippen LogP) is 0.345. The van der Waals surface area contributed by atoms with Gasteiger partial charge in [-0.2, -0.15) is 0 Å². The van der Waals surface area contributed by atoms with Gasteiger partial charge in [0.05, 0.1) is 31.7 Å². The number of hydrogen-bond donors (Lipinski definition) is 3. The molecule has 144 valence electrons. The fraction of sp³-hybridized carbons (Fsp3) is 0.550. The van der Waals surface area contributed by atoms with Crippen molar-refractivity contribution in [2.45, 2.75) is 45.3 Å². The first-order chi connectivity index (χ1) is 13.0. The van der Waals surface area contributed by atoms with Gasteiger partial charge in [-0.15, -0.1) is 5.10 Å². The number of nitrogen functional groups attached to an aromatic ring is 1. The predicted molar refractivity (Wildman–Crippen MR) is 104 cm³/mol. The standard InChI is InChI=1S/C20H28N6O/c1-13(2)22-20(27)18-11-25-7-6-14(18)9-17(25)10-26-12-19(23-24-26)15-4-3-5-16(21)8-15/h3-5,8,12-14,17-18H,6-7,9-11,21H2,1-2H3,(H,22,27)/p+1/t14-,17-,18+/m1/s1. The summed E-state index contributed by atoms with van der Waals surface area (Å²) in [5.74, 6) is 0.879. The van der Waals surface area contributed by atoms with Crippen LogP contribution < -0.4 is 16.0 Å².